The molecule has 0 aromatic heterocycles. The number of rotatable bonds is 4. The molecule has 0 aliphatic carbocycles. The summed E-state index contributed by atoms with van der Waals surface area (Å²) >= 11 is 14.1. The van der Waals surface area contributed by atoms with Gasteiger partial charge in [0, 0.05) is 10.6 Å². The fourth-order valence-electron chi connectivity index (χ4n) is 1.97. The second kappa shape index (κ2) is 9.51. The maximum absolute atomic E-state index is 12.1. The van der Waals surface area contributed by atoms with Crippen molar-refractivity contribution in [2.24, 2.45) is 0 Å². The van der Waals surface area contributed by atoms with E-state index in [9.17, 15) is 9.59 Å². The van der Waals surface area contributed by atoms with Crippen LogP contribution in [0.5, 0.6) is 5.75 Å². The van der Waals surface area contributed by atoms with E-state index in [1.54, 1.807) is 42.5 Å². The van der Waals surface area contributed by atoms with Gasteiger partial charge in [-0.05, 0) is 64.0 Å². The highest BCUT2D eigenvalue weighted by Gasteiger charge is 2.11. The number of benzene rings is 2. The van der Waals surface area contributed by atoms with Gasteiger partial charge in [-0.15, -0.1) is 0 Å². The van der Waals surface area contributed by atoms with Crippen molar-refractivity contribution in [3.63, 3.8) is 0 Å². The Labute approximate surface area is 169 Å². The second-order valence-electron chi connectivity index (χ2n) is 5.11. The van der Waals surface area contributed by atoms with E-state index in [4.69, 9.17) is 28.6 Å². The molecular weight excluding hydrogens is 442 g/mol. The summed E-state index contributed by atoms with van der Waals surface area (Å²) in [6.07, 6.45) is 0.145. The Morgan fingerprint density at radius 3 is 2.46 bits per heavy atom. The molecule has 6 nitrogen and oxygen atoms in total. The number of hydrogen-bond donors (Lipinski definition) is 3. The maximum atomic E-state index is 12.1. The number of thiocarbonyl (C=S) groups is 1. The lowest BCUT2D eigenvalue weighted by Gasteiger charge is -2.11. The molecule has 0 spiro atoms. The summed E-state index contributed by atoms with van der Waals surface area (Å²) in [5, 5.41) is 3.05. The molecule has 0 radical (unpaired) electrons. The Hall–Kier alpha value is -2.16. The molecule has 2 aromatic rings. The first-order valence-electron chi connectivity index (χ1n) is 7.37. The van der Waals surface area contributed by atoms with Crippen LogP contribution in [0.1, 0.15) is 15.9 Å². The van der Waals surface area contributed by atoms with E-state index in [0.717, 1.165) is 5.56 Å². The minimum absolute atomic E-state index is 0.0219. The Kier molecular flexibility index (Phi) is 7.38. The third-order valence-corrected chi connectivity index (χ3v) is 4.31. The molecule has 3 N–H and O–H groups in total. The molecule has 0 aliphatic heterocycles. The van der Waals surface area contributed by atoms with Crippen LogP contribution < -0.4 is 20.9 Å². The van der Waals surface area contributed by atoms with Crippen LogP contribution in [-0.4, -0.2) is 24.0 Å². The smallest absolute Gasteiger partial charge is 0.257 e. The number of carbonyl (C=O) groups is 2. The largest absolute Gasteiger partial charge is 0.496 e. The minimum atomic E-state index is -0.419. The fourth-order valence-corrected chi connectivity index (χ4v) is 2.78. The third-order valence-electron chi connectivity index (χ3n) is 3.23. The summed E-state index contributed by atoms with van der Waals surface area (Å²) in [6.45, 7) is 0. The van der Waals surface area contributed by atoms with E-state index >= 15 is 0 Å². The van der Waals surface area contributed by atoms with Crippen molar-refractivity contribution in [2.75, 3.05) is 7.11 Å². The summed E-state index contributed by atoms with van der Waals surface area (Å²) in [4.78, 5) is 24.0. The summed E-state index contributed by atoms with van der Waals surface area (Å²) in [5.74, 6) is -0.120. The van der Waals surface area contributed by atoms with Gasteiger partial charge in [0.1, 0.15) is 5.75 Å². The Morgan fingerprint density at radius 1 is 1.15 bits per heavy atom. The predicted molar refractivity (Wildman–Crippen MR) is 107 cm³/mol. The highest BCUT2D eigenvalue weighted by atomic mass is 79.9. The Balaban J connectivity index is 1.82. The van der Waals surface area contributed by atoms with E-state index in [2.05, 4.69) is 32.1 Å². The van der Waals surface area contributed by atoms with Gasteiger partial charge in [-0.3, -0.25) is 25.8 Å². The molecule has 0 heterocycles. The van der Waals surface area contributed by atoms with Crippen molar-refractivity contribution < 1.29 is 14.3 Å². The summed E-state index contributed by atoms with van der Waals surface area (Å²) in [5.41, 5.74) is 6.10. The molecule has 2 amide bonds. The monoisotopic (exact) mass is 455 g/mol. The highest BCUT2D eigenvalue weighted by Crippen LogP contribution is 2.25. The maximum Gasteiger partial charge on any atom is 0.257 e. The lowest BCUT2D eigenvalue weighted by Crippen LogP contribution is -2.48. The first-order valence-corrected chi connectivity index (χ1v) is 8.95. The number of hydrogen-bond acceptors (Lipinski definition) is 4. The molecule has 0 atom stereocenters. The van der Waals surface area contributed by atoms with Crippen LogP contribution in [0.2, 0.25) is 5.02 Å². The van der Waals surface area contributed by atoms with Crippen LogP contribution in [0.3, 0.4) is 0 Å². The topological polar surface area (TPSA) is 79.5 Å². The average Bonchev–Trinajstić information content (AvgIpc) is 2.62. The van der Waals surface area contributed by atoms with Crippen LogP contribution in [-0.2, 0) is 11.2 Å². The van der Waals surface area contributed by atoms with Gasteiger partial charge in [-0.1, -0.05) is 23.7 Å². The molecule has 0 saturated heterocycles. The number of halogens is 2. The van der Waals surface area contributed by atoms with Crippen LogP contribution in [0.15, 0.2) is 46.9 Å². The molecule has 2 aromatic carbocycles. The first-order chi connectivity index (χ1) is 12.4. The summed E-state index contributed by atoms with van der Waals surface area (Å²) in [7, 11) is 1.53. The van der Waals surface area contributed by atoms with Gasteiger partial charge in [0.05, 0.1) is 18.0 Å². The van der Waals surface area contributed by atoms with Gasteiger partial charge >= 0.3 is 0 Å². The standard InChI is InChI=1S/C17H15BrClN3O3S/c1-25-14-7-4-11(9-13(14)18)16(24)20-17(26)22-21-15(23)8-10-2-5-12(19)6-3-10/h2-7,9H,8H2,1H3,(H,21,23)(H2,20,22,24,26). The third kappa shape index (κ3) is 5.98. The van der Waals surface area contributed by atoms with E-state index in [-0.39, 0.29) is 17.4 Å². The zero-order valence-electron chi connectivity index (χ0n) is 13.6. The van der Waals surface area contributed by atoms with Gasteiger partial charge in [-0.25, -0.2) is 0 Å². The molecule has 0 fully saturated rings. The number of hydrazine groups is 1. The molecule has 0 unspecified atom stereocenters. The van der Waals surface area contributed by atoms with Crippen molar-refractivity contribution in [1.82, 2.24) is 16.2 Å². The molecule has 2 rings (SSSR count). The molecule has 0 aliphatic rings. The zero-order chi connectivity index (χ0) is 19.1. The predicted octanol–water partition coefficient (Wildman–Crippen LogP) is 2.99. The molecule has 136 valence electrons. The van der Waals surface area contributed by atoms with Crippen LogP contribution in [0, 0.1) is 0 Å². The number of carbonyl (C=O) groups excluding carboxylic acids is 2. The number of nitrogens with one attached hydrogen (secondary N) is 3. The second-order valence-corrected chi connectivity index (χ2v) is 6.81. The Bertz CT molecular complexity index is 831. The van der Waals surface area contributed by atoms with Gasteiger partial charge in [0.25, 0.3) is 5.91 Å². The van der Waals surface area contributed by atoms with E-state index in [0.29, 0.717) is 20.8 Å². The molecule has 9 heteroatoms. The van der Waals surface area contributed by atoms with Gasteiger partial charge in [0.2, 0.25) is 5.91 Å². The van der Waals surface area contributed by atoms with Crippen LogP contribution in [0.25, 0.3) is 0 Å². The lowest BCUT2D eigenvalue weighted by molar-refractivity contribution is -0.121. The Morgan fingerprint density at radius 2 is 1.85 bits per heavy atom. The number of amides is 2. The molecule has 0 saturated carbocycles. The normalized spacial score (nSPS) is 9.96. The quantitative estimate of drug-likeness (QED) is 0.487. The summed E-state index contributed by atoms with van der Waals surface area (Å²) < 4.78 is 5.75. The molecule has 26 heavy (non-hydrogen) atoms. The lowest BCUT2D eigenvalue weighted by atomic mass is 10.1. The molecule has 0 bridgehead atoms. The number of methoxy groups -OCH3 is 1. The highest BCUT2D eigenvalue weighted by molar-refractivity contribution is 9.10. The van der Waals surface area contributed by atoms with E-state index < -0.39 is 5.91 Å². The summed E-state index contributed by atoms with van der Waals surface area (Å²) in [6, 6.07) is 11.8. The van der Waals surface area contributed by atoms with Gasteiger partial charge < -0.3 is 4.74 Å². The van der Waals surface area contributed by atoms with Crippen molar-refractivity contribution in [1.29, 1.82) is 0 Å². The van der Waals surface area contributed by atoms with E-state index in [1.165, 1.54) is 7.11 Å². The van der Waals surface area contributed by atoms with Crippen molar-refractivity contribution in [2.45, 2.75) is 6.42 Å². The average molecular weight is 457 g/mol. The van der Waals surface area contributed by atoms with Crippen molar-refractivity contribution in [3.05, 3.63) is 63.1 Å². The van der Waals surface area contributed by atoms with Crippen LogP contribution in [0.4, 0.5) is 0 Å². The van der Waals surface area contributed by atoms with Crippen LogP contribution >= 0.6 is 39.7 Å². The molecular formula is C17H15BrClN3O3S. The minimum Gasteiger partial charge on any atom is -0.496 e. The zero-order valence-corrected chi connectivity index (χ0v) is 16.8. The van der Waals surface area contributed by atoms with Crippen molar-refractivity contribution >= 4 is 56.7 Å². The fraction of sp³-hybridized carbons (Fsp3) is 0.118. The number of ether oxygens (including phenoxy) is 1. The van der Waals surface area contributed by atoms with Gasteiger partial charge in [-0.2, -0.15) is 0 Å². The first kappa shape index (κ1) is 20.2. The van der Waals surface area contributed by atoms with E-state index in [1.807, 2.05) is 0 Å². The van der Waals surface area contributed by atoms with Crippen molar-refractivity contribution in [3.8, 4) is 5.75 Å². The SMILES string of the molecule is COc1ccc(C(=O)NC(=S)NNC(=O)Cc2ccc(Cl)cc2)cc1Br. The van der Waals surface area contributed by atoms with Gasteiger partial charge in [0.15, 0.2) is 5.11 Å².